The molecule has 1 atom stereocenters. The van der Waals surface area contributed by atoms with Crippen molar-refractivity contribution in [2.24, 2.45) is 0 Å². The van der Waals surface area contributed by atoms with Crippen molar-refractivity contribution in [2.45, 2.75) is 17.9 Å². The molecule has 118 valence electrons. The quantitative estimate of drug-likeness (QED) is 0.784. The van der Waals surface area contributed by atoms with Crippen molar-refractivity contribution in [2.75, 3.05) is 32.8 Å². The number of ether oxygens (including phenoxy) is 1. The number of carboxylic acid groups (broad SMARTS) is 1. The molecule has 1 saturated heterocycles. The van der Waals surface area contributed by atoms with Crippen molar-refractivity contribution >= 4 is 27.3 Å². The average Bonchev–Trinajstić information content (AvgIpc) is 2.96. The average molecular weight is 334 g/mol. The molecule has 21 heavy (non-hydrogen) atoms. The predicted molar refractivity (Wildman–Crippen MR) is 78.3 cm³/mol. The predicted octanol–water partition coefficient (Wildman–Crippen LogP) is 0.445. The van der Waals surface area contributed by atoms with Gasteiger partial charge in [-0.1, -0.05) is 6.92 Å². The number of thiophene rings is 1. The summed E-state index contributed by atoms with van der Waals surface area (Å²) in [6.45, 7) is 5.25. The van der Waals surface area contributed by atoms with Crippen LogP contribution in [0.25, 0.3) is 0 Å². The molecule has 9 heteroatoms. The van der Waals surface area contributed by atoms with Crippen LogP contribution < -0.4 is 4.72 Å². The lowest BCUT2D eigenvalue weighted by molar-refractivity contribution is -0.0229. The van der Waals surface area contributed by atoms with E-state index in [0.29, 0.717) is 13.2 Å². The Kier molecular flexibility index (Phi) is 5.33. The maximum absolute atomic E-state index is 12.1. The summed E-state index contributed by atoms with van der Waals surface area (Å²) >= 11 is 0.892. The lowest BCUT2D eigenvalue weighted by Gasteiger charge is -2.32. The molecule has 1 aromatic heterocycles. The fourth-order valence-corrected chi connectivity index (χ4v) is 4.23. The summed E-state index contributed by atoms with van der Waals surface area (Å²) in [6.07, 6.45) is -0.189. The van der Waals surface area contributed by atoms with Crippen LogP contribution in [0, 0.1) is 0 Å². The molecule has 1 fully saturated rings. The van der Waals surface area contributed by atoms with E-state index in [-0.39, 0.29) is 22.4 Å². The number of nitrogens with zero attached hydrogens (tertiary/aromatic N) is 1. The Labute approximate surface area is 127 Å². The number of hydrogen-bond acceptors (Lipinski definition) is 6. The molecule has 7 nitrogen and oxygen atoms in total. The first-order chi connectivity index (χ1) is 9.92. The standard InChI is InChI=1S/C12H18N2O5S2/c1-2-14-3-4-19-9(7-14)6-13-21(17,18)10-5-11(12(15)16)20-8-10/h5,8-9,13H,2-4,6-7H2,1H3,(H,15,16). The van der Waals surface area contributed by atoms with Crippen LogP contribution in [0.1, 0.15) is 16.6 Å². The van der Waals surface area contributed by atoms with Crippen LogP contribution in [0.5, 0.6) is 0 Å². The Morgan fingerprint density at radius 1 is 1.62 bits per heavy atom. The first-order valence-electron chi connectivity index (χ1n) is 6.58. The highest BCUT2D eigenvalue weighted by Gasteiger charge is 2.23. The Balaban J connectivity index is 1.96. The SMILES string of the molecule is CCN1CCOC(CNS(=O)(=O)c2csc(C(=O)O)c2)C1. The van der Waals surface area contributed by atoms with E-state index in [1.165, 1.54) is 5.38 Å². The Morgan fingerprint density at radius 3 is 3.00 bits per heavy atom. The smallest absolute Gasteiger partial charge is 0.345 e. The number of aromatic carboxylic acids is 1. The van der Waals surface area contributed by atoms with E-state index in [2.05, 4.69) is 9.62 Å². The van der Waals surface area contributed by atoms with E-state index in [1.54, 1.807) is 0 Å². The second-order valence-electron chi connectivity index (χ2n) is 4.69. The van der Waals surface area contributed by atoms with Crippen molar-refractivity contribution in [1.82, 2.24) is 9.62 Å². The van der Waals surface area contributed by atoms with E-state index in [1.807, 2.05) is 6.92 Å². The van der Waals surface area contributed by atoms with Gasteiger partial charge in [0.2, 0.25) is 10.0 Å². The first-order valence-corrected chi connectivity index (χ1v) is 8.94. The minimum atomic E-state index is -3.70. The fourth-order valence-electron chi connectivity index (χ4n) is 2.05. The molecular formula is C12H18N2O5S2. The number of nitrogens with one attached hydrogen (secondary N) is 1. The number of morpholine rings is 1. The third-order valence-corrected chi connectivity index (χ3v) is 5.74. The number of rotatable bonds is 6. The largest absolute Gasteiger partial charge is 0.477 e. The van der Waals surface area contributed by atoms with Gasteiger partial charge in [0.1, 0.15) is 4.88 Å². The van der Waals surface area contributed by atoms with Crippen molar-refractivity contribution in [3.8, 4) is 0 Å². The van der Waals surface area contributed by atoms with Crippen LogP contribution in [-0.4, -0.2) is 63.3 Å². The van der Waals surface area contributed by atoms with Crippen molar-refractivity contribution in [1.29, 1.82) is 0 Å². The van der Waals surface area contributed by atoms with Gasteiger partial charge in [0, 0.05) is 25.0 Å². The van der Waals surface area contributed by atoms with Gasteiger partial charge in [-0.25, -0.2) is 17.9 Å². The highest BCUT2D eigenvalue weighted by atomic mass is 32.2. The van der Waals surface area contributed by atoms with E-state index in [0.717, 1.165) is 30.5 Å². The molecule has 0 aromatic carbocycles. The van der Waals surface area contributed by atoms with Crippen molar-refractivity contribution in [3.63, 3.8) is 0 Å². The molecule has 0 bridgehead atoms. The van der Waals surface area contributed by atoms with Gasteiger partial charge >= 0.3 is 5.97 Å². The number of likely N-dealkylation sites (N-methyl/N-ethyl adjacent to an activating group) is 1. The minimum Gasteiger partial charge on any atom is -0.477 e. The van der Waals surface area contributed by atoms with Crippen LogP contribution in [0.4, 0.5) is 0 Å². The van der Waals surface area contributed by atoms with E-state index in [9.17, 15) is 13.2 Å². The van der Waals surface area contributed by atoms with E-state index in [4.69, 9.17) is 9.84 Å². The summed E-state index contributed by atoms with van der Waals surface area (Å²) < 4.78 is 32.2. The zero-order valence-corrected chi connectivity index (χ0v) is 13.2. The van der Waals surface area contributed by atoms with Crippen LogP contribution in [0.2, 0.25) is 0 Å². The molecule has 2 heterocycles. The second-order valence-corrected chi connectivity index (χ2v) is 7.37. The maximum atomic E-state index is 12.1. The van der Waals surface area contributed by atoms with Gasteiger partial charge in [-0.05, 0) is 12.6 Å². The summed E-state index contributed by atoms with van der Waals surface area (Å²) in [7, 11) is -3.70. The number of hydrogen-bond donors (Lipinski definition) is 2. The minimum absolute atomic E-state index is 0.00134. The molecule has 1 aromatic rings. The summed E-state index contributed by atoms with van der Waals surface area (Å²) in [5, 5.41) is 10.1. The third kappa shape index (κ3) is 4.24. The summed E-state index contributed by atoms with van der Waals surface area (Å²) in [5.41, 5.74) is 0. The molecule has 0 radical (unpaired) electrons. The van der Waals surface area contributed by atoms with E-state index < -0.39 is 16.0 Å². The number of sulfonamides is 1. The number of carbonyl (C=O) groups is 1. The van der Waals surface area contributed by atoms with Crippen LogP contribution in [0.3, 0.4) is 0 Å². The first kappa shape index (κ1) is 16.4. The van der Waals surface area contributed by atoms with Crippen molar-refractivity contribution in [3.05, 3.63) is 16.3 Å². The molecule has 2 rings (SSSR count). The van der Waals surface area contributed by atoms with Crippen molar-refractivity contribution < 1.29 is 23.1 Å². The van der Waals surface area contributed by atoms with Gasteiger partial charge < -0.3 is 9.84 Å². The fraction of sp³-hybridized carbons (Fsp3) is 0.583. The van der Waals surface area contributed by atoms with Gasteiger partial charge in [0.05, 0.1) is 17.6 Å². The molecule has 1 unspecified atom stereocenters. The Hall–Kier alpha value is -1.00. The van der Waals surface area contributed by atoms with Gasteiger partial charge in [-0.2, -0.15) is 0 Å². The second kappa shape index (κ2) is 6.84. The Morgan fingerprint density at radius 2 is 2.38 bits per heavy atom. The molecular weight excluding hydrogens is 316 g/mol. The monoisotopic (exact) mass is 334 g/mol. The maximum Gasteiger partial charge on any atom is 0.345 e. The topological polar surface area (TPSA) is 95.9 Å². The zero-order valence-electron chi connectivity index (χ0n) is 11.6. The molecule has 1 aliphatic rings. The van der Waals surface area contributed by atoms with E-state index >= 15 is 0 Å². The molecule has 0 aliphatic carbocycles. The summed E-state index contributed by atoms with van der Waals surface area (Å²) in [4.78, 5) is 13.0. The zero-order chi connectivity index (χ0) is 15.5. The summed E-state index contributed by atoms with van der Waals surface area (Å²) in [6, 6.07) is 1.16. The van der Waals surface area contributed by atoms with Crippen LogP contribution >= 0.6 is 11.3 Å². The summed E-state index contributed by atoms with van der Waals surface area (Å²) in [5.74, 6) is -1.13. The normalized spacial score (nSPS) is 20.5. The highest BCUT2D eigenvalue weighted by Crippen LogP contribution is 2.19. The van der Waals surface area contributed by atoms with Gasteiger partial charge in [0.25, 0.3) is 0 Å². The van der Waals surface area contributed by atoms with Crippen LogP contribution in [0.15, 0.2) is 16.3 Å². The highest BCUT2D eigenvalue weighted by molar-refractivity contribution is 7.89. The lowest BCUT2D eigenvalue weighted by atomic mass is 10.3. The third-order valence-electron chi connectivity index (χ3n) is 3.27. The van der Waals surface area contributed by atoms with Crippen LogP contribution in [-0.2, 0) is 14.8 Å². The molecule has 0 spiro atoms. The number of carboxylic acids is 1. The molecule has 0 amide bonds. The molecule has 2 N–H and O–H groups in total. The Bertz CT molecular complexity index is 599. The molecule has 0 saturated carbocycles. The van der Waals surface area contributed by atoms with Gasteiger partial charge in [-0.15, -0.1) is 11.3 Å². The van der Waals surface area contributed by atoms with Gasteiger partial charge in [0.15, 0.2) is 0 Å². The molecule has 1 aliphatic heterocycles. The lowest BCUT2D eigenvalue weighted by Crippen LogP contribution is -2.47. The van der Waals surface area contributed by atoms with Gasteiger partial charge in [-0.3, -0.25) is 4.90 Å².